The van der Waals surface area contributed by atoms with Crippen molar-refractivity contribution in [2.24, 2.45) is 0 Å². The quantitative estimate of drug-likeness (QED) is 0.172. The average Bonchev–Trinajstić information content (AvgIpc) is 3.79. The molecule has 0 saturated carbocycles. The highest BCUT2D eigenvalue weighted by atomic mass is 32.1. The van der Waals surface area contributed by atoms with E-state index in [9.17, 15) is 0 Å². The lowest BCUT2D eigenvalue weighted by molar-refractivity contribution is 0.660. The van der Waals surface area contributed by atoms with E-state index in [0.29, 0.717) is 0 Å². The van der Waals surface area contributed by atoms with Crippen LogP contribution >= 0.6 is 11.3 Å². The van der Waals surface area contributed by atoms with Crippen LogP contribution in [0.25, 0.3) is 86.9 Å². The molecule has 1 heterocycles. The third kappa shape index (κ3) is 5.10. The molecule has 0 aliphatic heterocycles. The Morgan fingerprint density at radius 2 is 0.864 bits per heavy atom. The first kappa shape index (κ1) is 34.1. The van der Waals surface area contributed by atoms with E-state index in [-0.39, 0.29) is 5.41 Å². The molecule has 0 radical (unpaired) electrons. The van der Waals surface area contributed by atoms with Gasteiger partial charge in [0, 0.05) is 42.5 Å². The van der Waals surface area contributed by atoms with Gasteiger partial charge in [0.05, 0.1) is 5.69 Å². The van der Waals surface area contributed by atoms with Crippen LogP contribution in [0, 0.1) is 0 Å². The van der Waals surface area contributed by atoms with Crippen molar-refractivity contribution < 1.29 is 0 Å². The molecule has 0 N–H and O–H groups in total. The lowest BCUT2D eigenvalue weighted by atomic mass is 9.80. The molecule has 2 aliphatic rings. The number of nitrogens with zero attached hydrogens (tertiary/aromatic N) is 1. The predicted molar refractivity (Wildman–Crippen MR) is 252 cm³/mol. The fourth-order valence-electron chi connectivity index (χ4n) is 10.1. The highest BCUT2D eigenvalue weighted by molar-refractivity contribution is 7.26. The first-order valence-electron chi connectivity index (χ1n) is 20.5. The fourth-order valence-corrected chi connectivity index (χ4v) is 11.3. The Kier molecular flexibility index (Phi) is 7.51. The SMILES string of the molecule is CC1(C)c2ccccc2-c2c(N(c3ccc(-c4cccc5c4sc4ccccc45)cc3)c3ccc4c(c3)-c3ccccc3-c3ccccc3-c3ccccc3-4)cccc21. The number of fused-ring (bicyclic) bond motifs is 14. The minimum atomic E-state index is -0.123. The van der Waals surface area contributed by atoms with Crippen LogP contribution in [0.2, 0.25) is 0 Å². The molecule has 0 bridgehead atoms. The molecule has 1 nitrogen and oxygen atoms in total. The minimum Gasteiger partial charge on any atom is -0.310 e. The standard InChI is InChI=1S/C57H39NS/c1-57(2)51-25-11-9-22-49(51)55-52(57)26-14-27-53(55)58(37-31-29-36(30-32-37)39-23-13-24-48-47-21-10-12-28-54(47)59-56(39)48)38-33-34-46-44-19-6-5-17-42(44)40-15-3-4-16-41(40)43-18-7-8-20-45(43)50(46)35-38/h3-35H,1-2H3. The number of hydrogen-bond acceptors (Lipinski definition) is 2. The number of thiophene rings is 1. The summed E-state index contributed by atoms with van der Waals surface area (Å²) in [5.74, 6) is 0. The van der Waals surface area contributed by atoms with Crippen LogP contribution in [0.1, 0.15) is 25.0 Å². The van der Waals surface area contributed by atoms with E-state index in [0.717, 1.165) is 11.4 Å². The van der Waals surface area contributed by atoms with Crippen molar-refractivity contribution in [1.82, 2.24) is 0 Å². The molecule has 2 aliphatic carbocycles. The Morgan fingerprint density at radius 1 is 0.373 bits per heavy atom. The zero-order chi connectivity index (χ0) is 39.2. The van der Waals surface area contributed by atoms with Gasteiger partial charge in [-0.1, -0.05) is 178 Å². The number of hydrogen-bond donors (Lipinski definition) is 0. The maximum absolute atomic E-state index is 2.50. The second kappa shape index (κ2) is 13.0. The van der Waals surface area contributed by atoms with Crippen molar-refractivity contribution in [3.8, 4) is 66.8 Å². The van der Waals surface area contributed by atoms with Crippen molar-refractivity contribution >= 4 is 48.6 Å². The molecule has 12 rings (SSSR count). The van der Waals surface area contributed by atoms with Gasteiger partial charge in [0.1, 0.15) is 0 Å². The molecule has 1 aromatic heterocycles. The minimum absolute atomic E-state index is 0.123. The van der Waals surface area contributed by atoms with E-state index in [1.165, 1.54) is 104 Å². The second-order valence-corrected chi connectivity index (χ2v) is 17.5. The second-order valence-electron chi connectivity index (χ2n) is 16.4. The summed E-state index contributed by atoms with van der Waals surface area (Å²) in [6.45, 7) is 4.74. The molecule has 10 aromatic rings. The van der Waals surface area contributed by atoms with Gasteiger partial charge in [0.15, 0.2) is 0 Å². The van der Waals surface area contributed by atoms with Crippen LogP contribution in [0.5, 0.6) is 0 Å². The zero-order valence-corrected chi connectivity index (χ0v) is 33.7. The number of benzene rings is 9. The molecule has 0 atom stereocenters. The summed E-state index contributed by atoms with van der Waals surface area (Å²) in [5, 5.41) is 2.64. The van der Waals surface area contributed by atoms with Crippen LogP contribution in [0.15, 0.2) is 200 Å². The maximum atomic E-state index is 2.50. The van der Waals surface area contributed by atoms with E-state index in [1.54, 1.807) is 0 Å². The van der Waals surface area contributed by atoms with E-state index in [4.69, 9.17) is 0 Å². The van der Waals surface area contributed by atoms with Crippen LogP contribution in [0.4, 0.5) is 17.1 Å². The molecule has 0 saturated heterocycles. The maximum Gasteiger partial charge on any atom is 0.0543 e. The third-order valence-corrected chi connectivity index (χ3v) is 14.1. The van der Waals surface area contributed by atoms with Gasteiger partial charge in [-0.25, -0.2) is 0 Å². The molecule has 2 heteroatoms. The fraction of sp³-hybridized carbons (Fsp3) is 0.0526. The van der Waals surface area contributed by atoms with Crippen molar-refractivity contribution in [3.05, 3.63) is 211 Å². The van der Waals surface area contributed by atoms with Gasteiger partial charge in [-0.2, -0.15) is 0 Å². The van der Waals surface area contributed by atoms with Crippen LogP contribution < -0.4 is 4.90 Å². The summed E-state index contributed by atoms with van der Waals surface area (Å²) in [7, 11) is 0. The van der Waals surface area contributed by atoms with Crippen LogP contribution in [-0.4, -0.2) is 0 Å². The predicted octanol–water partition coefficient (Wildman–Crippen LogP) is 16.5. The lowest BCUT2D eigenvalue weighted by Gasteiger charge is -2.30. The zero-order valence-electron chi connectivity index (χ0n) is 32.9. The Labute approximate surface area is 349 Å². The molecule has 0 amide bonds. The van der Waals surface area contributed by atoms with E-state index >= 15 is 0 Å². The Bertz CT molecular complexity index is 3300. The van der Waals surface area contributed by atoms with Crippen molar-refractivity contribution in [2.75, 3.05) is 4.90 Å². The number of anilines is 3. The highest BCUT2D eigenvalue weighted by Gasteiger charge is 2.38. The Hall–Kier alpha value is -7.00. The van der Waals surface area contributed by atoms with Gasteiger partial charge in [0.2, 0.25) is 0 Å². The lowest BCUT2D eigenvalue weighted by Crippen LogP contribution is -2.16. The first-order valence-corrected chi connectivity index (χ1v) is 21.3. The van der Waals surface area contributed by atoms with Gasteiger partial charge in [-0.05, 0) is 109 Å². The largest absolute Gasteiger partial charge is 0.310 e. The van der Waals surface area contributed by atoms with Crippen LogP contribution in [-0.2, 0) is 5.41 Å². The van der Waals surface area contributed by atoms with Gasteiger partial charge in [-0.3, -0.25) is 0 Å². The Morgan fingerprint density at radius 3 is 1.54 bits per heavy atom. The van der Waals surface area contributed by atoms with Crippen molar-refractivity contribution in [2.45, 2.75) is 19.3 Å². The van der Waals surface area contributed by atoms with Crippen molar-refractivity contribution in [3.63, 3.8) is 0 Å². The molecule has 278 valence electrons. The molecule has 0 spiro atoms. The van der Waals surface area contributed by atoms with Crippen LogP contribution in [0.3, 0.4) is 0 Å². The first-order chi connectivity index (χ1) is 29.0. The van der Waals surface area contributed by atoms with E-state index in [2.05, 4.69) is 219 Å². The van der Waals surface area contributed by atoms with E-state index in [1.807, 2.05) is 11.3 Å². The number of rotatable bonds is 4. The summed E-state index contributed by atoms with van der Waals surface area (Å²) in [4.78, 5) is 2.50. The van der Waals surface area contributed by atoms with Gasteiger partial charge < -0.3 is 4.90 Å². The van der Waals surface area contributed by atoms with Crippen molar-refractivity contribution in [1.29, 1.82) is 0 Å². The smallest absolute Gasteiger partial charge is 0.0543 e. The Balaban J connectivity index is 1.10. The van der Waals surface area contributed by atoms with Gasteiger partial charge in [-0.15, -0.1) is 11.3 Å². The molecule has 9 aromatic carbocycles. The average molecular weight is 770 g/mol. The molecule has 59 heavy (non-hydrogen) atoms. The highest BCUT2D eigenvalue weighted by Crippen LogP contribution is 2.55. The summed E-state index contributed by atoms with van der Waals surface area (Å²) in [6, 6.07) is 74.5. The monoisotopic (exact) mass is 769 g/mol. The third-order valence-electron chi connectivity index (χ3n) is 12.9. The normalized spacial score (nSPS) is 13.1. The summed E-state index contributed by atoms with van der Waals surface area (Å²) in [6.07, 6.45) is 0. The summed E-state index contributed by atoms with van der Waals surface area (Å²) < 4.78 is 2.66. The van der Waals surface area contributed by atoms with E-state index < -0.39 is 0 Å². The molecule has 0 unspecified atom stereocenters. The molecular formula is C57H39NS. The summed E-state index contributed by atoms with van der Waals surface area (Å²) in [5.41, 5.74) is 21.1. The molecular weight excluding hydrogens is 731 g/mol. The van der Waals surface area contributed by atoms with Gasteiger partial charge in [0.25, 0.3) is 0 Å². The molecule has 0 fully saturated rings. The topological polar surface area (TPSA) is 3.24 Å². The summed E-state index contributed by atoms with van der Waals surface area (Å²) >= 11 is 1.89. The van der Waals surface area contributed by atoms with Gasteiger partial charge >= 0.3 is 0 Å².